The third-order valence-electron chi connectivity index (χ3n) is 4.17. The minimum absolute atomic E-state index is 0.114. The van der Waals surface area contributed by atoms with Gasteiger partial charge in [-0.3, -0.25) is 4.98 Å². The molecule has 2 aromatic rings. The number of ether oxygens (including phenoxy) is 1. The van der Waals surface area contributed by atoms with Crippen LogP contribution in [0, 0.1) is 17.6 Å². The van der Waals surface area contributed by atoms with Crippen molar-refractivity contribution in [2.75, 3.05) is 19.7 Å². The van der Waals surface area contributed by atoms with Crippen LogP contribution in [0.2, 0.25) is 0 Å². The monoisotopic (exact) mass is 318 g/mol. The van der Waals surface area contributed by atoms with E-state index in [2.05, 4.69) is 10.3 Å². The second-order valence-electron chi connectivity index (χ2n) is 6.03. The van der Waals surface area contributed by atoms with Crippen LogP contribution in [0.4, 0.5) is 8.78 Å². The van der Waals surface area contributed by atoms with E-state index in [4.69, 9.17) is 4.74 Å². The average Bonchev–Trinajstić information content (AvgIpc) is 2.55. The zero-order chi connectivity index (χ0) is 16.1. The Bertz CT molecular complexity index is 616. The lowest BCUT2D eigenvalue weighted by Gasteiger charge is -2.30. The molecule has 2 unspecified atom stereocenters. The average molecular weight is 318 g/mol. The maximum absolute atomic E-state index is 13.4. The standard InChI is InChI=1S/C18H20F2N2O/c19-17-6-15(7-18(20)8-17)16-5-14(9-22-10-16)12-23-11-13-1-3-21-4-2-13/h1-4,6-8,14,16,22H,5,9-12H2. The highest BCUT2D eigenvalue weighted by atomic mass is 19.1. The lowest BCUT2D eigenvalue weighted by atomic mass is 9.86. The summed E-state index contributed by atoms with van der Waals surface area (Å²) < 4.78 is 32.5. The molecule has 0 bridgehead atoms. The lowest BCUT2D eigenvalue weighted by molar-refractivity contribution is 0.0751. The van der Waals surface area contributed by atoms with E-state index >= 15 is 0 Å². The van der Waals surface area contributed by atoms with Crippen LogP contribution >= 0.6 is 0 Å². The lowest BCUT2D eigenvalue weighted by Crippen LogP contribution is -2.37. The Labute approximate surface area is 134 Å². The summed E-state index contributed by atoms with van der Waals surface area (Å²) in [6.45, 7) is 2.79. The van der Waals surface area contributed by atoms with E-state index in [1.807, 2.05) is 12.1 Å². The topological polar surface area (TPSA) is 34.1 Å². The van der Waals surface area contributed by atoms with Gasteiger partial charge in [0.2, 0.25) is 0 Å². The Morgan fingerprint density at radius 2 is 1.83 bits per heavy atom. The summed E-state index contributed by atoms with van der Waals surface area (Å²) in [5, 5.41) is 3.34. The van der Waals surface area contributed by atoms with Gasteiger partial charge >= 0.3 is 0 Å². The first kappa shape index (κ1) is 16.0. The molecule has 0 aliphatic carbocycles. The zero-order valence-electron chi connectivity index (χ0n) is 12.8. The second-order valence-corrected chi connectivity index (χ2v) is 6.03. The maximum atomic E-state index is 13.4. The summed E-state index contributed by atoms with van der Waals surface area (Å²) in [6.07, 6.45) is 4.36. The number of pyridine rings is 1. The summed E-state index contributed by atoms with van der Waals surface area (Å²) in [5.74, 6) is -0.586. The molecule has 2 heterocycles. The van der Waals surface area contributed by atoms with Gasteiger partial charge in [0.15, 0.2) is 0 Å². The SMILES string of the molecule is Fc1cc(F)cc(C2CNCC(COCc3ccncc3)C2)c1. The quantitative estimate of drug-likeness (QED) is 0.919. The van der Waals surface area contributed by atoms with Gasteiger partial charge < -0.3 is 10.1 Å². The minimum atomic E-state index is -0.518. The molecule has 5 heteroatoms. The van der Waals surface area contributed by atoms with Crippen molar-refractivity contribution in [3.05, 3.63) is 65.5 Å². The number of hydrogen-bond donors (Lipinski definition) is 1. The normalized spacial score (nSPS) is 21.3. The largest absolute Gasteiger partial charge is 0.376 e. The molecule has 0 saturated carbocycles. The van der Waals surface area contributed by atoms with Crippen molar-refractivity contribution in [1.82, 2.24) is 10.3 Å². The number of nitrogens with zero attached hydrogens (tertiary/aromatic N) is 1. The number of piperidine rings is 1. The van der Waals surface area contributed by atoms with Crippen molar-refractivity contribution in [3.8, 4) is 0 Å². The molecule has 0 radical (unpaired) electrons. The first-order valence-electron chi connectivity index (χ1n) is 7.84. The highest BCUT2D eigenvalue weighted by Gasteiger charge is 2.24. The Kier molecular flexibility index (Phi) is 5.31. The molecule has 1 saturated heterocycles. The highest BCUT2D eigenvalue weighted by molar-refractivity contribution is 5.23. The summed E-state index contributed by atoms with van der Waals surface area (Å²) in [5.41, 5.74) is 1.81. The fourth-order valence-corrected chi connectivity index (χ4v) is 3.04. The zero-order valence-corrected chi connectivity index (χ0v) is 12.8. The van der Waals surface area contributed by atoms with Gasteiger partial charge in [0.25, 0.3) is 0 Å². The van der Waals surface area contributed by atoms with Crippen LogP contribution in [-0.2, 0) is 11.3 Å². The Morgan fingerprint density at radius 1 is 1.09 bits per heavy atom. The van der Waals surface area contributed by atoms with Gasteiger partial charge in [0.05, 0.1) is 13.2 Å². The van der Waals surface area contributed by atoms with Gasteiger partial charge in [0, 0.05) is 31.5 Å². The second kappa shape index (κ2) is 7.62. The van der Waals surface area contributed by atoms with Crippen molar-refractivity contribution < 1.29 is 13.5 Å². The molecule has 1 aliphatic heterocycles. The predicted octanol–water partition coefficient (Wildman–Crippen LogP) is 3.27. The summed E-state index contributed by atoms with van der Waals surface area (Å²) in [4.78, 5) is 3.97. The number of halogens is 2. The molecule has 2 atom stereocenters. The van der Waals surface area contributed by atoms with Crippen LogP contribution in [0.3, 0.4) is 0 Å². The number of benzene rings is 1. The van der Waals surface area contributed by atoms with Crippen molar-refractivity contribution >= 4 is 0 Å². The molecule has 3 rings (SSSR count). The number of aromatic nitrogens is 1. The smallest absolute Gasteiger partial charge is 0.126 e. The van der Waals surface area contributed by atoms with Crippen LogP contribution < -0.4 is 5.32 Å². The third kappa shape index (κ3) is 4.56. The predicted molar refractivity (Wildman–Crippen MR) is 84.0 cm³/mol. The molecule has 1 aromatic carbocycles. The molecule has 1 aromatic heterocycles. The van der Waals surface area contributed by atoms with E-state index in [0.717, 1.165) is 31.1 Å². The Balaban J connectivity index is 1.53. The molecular weight excluding hydrogens is 298 g/mol. The van der Waals surface area contributed by atoms with Crippen LogP contribution in [0.15, 0.2) is 42.7 Å². The molecule has 122 valence electrons. The van der Waals surface area contributed by atoms with Gasteiger partial charge in [-0.1, -0.05) is 0 Å². The molecule has 3 nitrogen and oxygen atoms in total. The van der Waals surface area contributed by atoms with Crippen LogP contribution in [-0.4, -0.2) is 24.7 Å². The third-order valence-corrected chi connectivity index (χ3v) is 4.17. The van der Waals surface area contributed by atoms with E-state index in [0.29, 0.717) is 24.7 Å². The van der Waals surface area contributed by atoms with Gasteiger partial charge in [0.1, 0.15) is 11.6 Å². The van der Waals surface area contributed by atoms with E-state index < -0.39 is 11.6 Å². The fraction of sp³-hybridized carbons (Fsp3) is 0.389. The molecule has 23 heavy (non-hydrogen) atoms. The molecule has 0 amide bonds. The molecule has 0 spiro atoms. The van der Waals surface area contributed by atoms with E-state index in [-0.39, 0.29) is 5.92 Å². The van der Waals surface area contributed by atoms with E-state index in [1.54, 1.807) is 12.4 Å². The van der Waals surface area contributed by atoms with E-state index in [1.165, 1.54) is 12.1 Å². The molecule has 1 aliphatic rings. The highest BCUT2D eigenvalue weighted by Crippen LogP contribution is 2.28. The first-order valence-corrected chi connectivity index (χ1v) is 7.84. The van der Waals surface area contributed by atoms with Crippen molar-refractivity contribution in [3.63, 3.8) is 0 Å². The van der Waals surface area contributed by atoms with Gasteiger partial charge in [-0.2, -0.15) is 0 Å². The molecule has 1 N–H and O–H groups in total. The number of nitrogens with one attached hydrogen (secondary N) is 1. The number of rotatable bonds is 5. The summed E-state index contributed by atoms with van der Waals surface area (Å²) in [7, 11) is 0. The number of hydrogen-bond acceptors (Lipinski definition) is 3. The van der Waals surface area contributed by atoms with Crippen LogP contribution in [0.5, 0.6) is 0 Å². The summed E-state index contributed by atoms with van der Waals surface area (Å²) >= 11 is 0. The fourth-order valence-electron chi connectivity index (χ4n) is 3.04. The van der Waals surface area contributed by atoms with Crippen LogP contribution in [0.1, 0.15) is 23.5 Å². The van der Waals surface area contributed by atoms with Gasteiger partial charge in [-0.25, -0.2) is 8.78 Å². The first-order chi connectivity index (χ1) is 11.2. The van der Waals surface area contributed by atoms with Crippen molar-refractivity contribution in [2.45, 2.75) is 18.9 Å². The Hall–Kier alpha value is -1.85. The van der Waals surface area contributed by atoms with Gasteiger partial charge in [-0.15, -0.1) is 0 Å². The molecular formula is C18H20F2N2O. The maximum Gasteiger partial charge on any atom is 0.126 e. The Morgan fingerprint density at radius 3 is 2.57 bits per heavy atom. The minimum Gasteiger partial charge on any atom is -0.376 e. The van der Waals surface area contributed by atoms with Crippen molar-refractivity contribution in [1.29, 1.82) is 0 Å². The van der Waals surface area contributed by atoms with Crippen molar-refractivity contribution in [2.24, 2.45) is 5.92 Å². The van der Waals surface area contributed by atoms with E-state index in [9.17, 15) is 8.78 Å². The van der Waals surface area contributed by atoms with Crippen LogP contribution in [0.25, 0.3) is 0 Å². The molecule has 1 fully saturated rings. The summed E-state index contributed by atoms with van der Waals surface area (Å²) in [6, 6.07) is 7.62. The van der Waals surface area contributed by atoms with Gasteiger partial charge in [-0.05, 0) is 53.6 Å².